The van der Waals surface area contributed by atoms with Crippen molar-refractivity contribution in [3.8, 4) is 0 Å². The van der Waals surface area contributed by atoms with Crippen molar-refractivity contribution in [2.75, 3.05) is 26.2 Å². The number of benzene rings is 1. The Bertz CT molecular complexity index is 770. The Morgan fingerprint density at radius 3 is 2.26 bits per heavy atom. The molecular formula is C19H23Cl2N2O4-. The number of hydrogen-bond donors (Lipinski definition) is 0. The van der Waals surface area contributed by atoms with Crippen LogP contribution in [0, 0.1) is 0 Å². The fraction of sp³-hybridized carbons (Fsp3) is 0.579. The van der Waals surface area contributed by atoms with Gasteiger partial charge >= 0.3 is 6.09 Å². The van der Waals surface area contributed by atoms with E-state index in [1.165, 1.54) is 0 Å². The first kappa shape index (κ1) is 20.2. The van der Waals surface area contributed by atoms with E-state index in [0.29, 0.717) is 54.6 Å². The monoisotopic (exact) mass is 413 g/mol. The summed E-state index contributed by atoms with van der Waals surface area (Å²) in [6.07, 6.45) is 0.603. The van der Waals surface area contributed by atoms with Gasteiger partial charge in [-0.1, -0.05) is 23.2 Å². The minimum absolute atomic E-state index is 0.329. The van der Waals surface area contributed by atoms with Crippen molar-refractivity contribution < 1.29 is 19.4 Å². The van der Waals surface area contributed by atoms with Crippen LogP contribution in [0.4, 0.5) is 4.79 Å². The van der Waals surface area contributed by atoms with Crippen LogP contribution in [0.15, 0.2) is 12.1 Å². The molecule has 2 aliphatic rings. The minimum Gasteiger partial charge on any atom is -0.548 e. The first-order chi connectivity index (χ1) is 12.5. The summed E-state index contributed by atoms with van der Waals surface area (Å²) < 4.78 is 5.40. The van der Waals surface area contributed by atoms with Crippen molar-refractivity contribution in [3.63, 3.8) is 0 Å². The molecule has 3 rings (SSSR count). The van der Waals surface area contributed by atoms with Crippen molar-refractivity contribution >= 4 is 35.3 Å². The summed E-state index contributed by atoms with van der Waals surface area (Å²) in [4.78, 5) is 28.0. The standard InChI is InChI=1S/C19H24Cl2N2O4/c1-18(2,3)27-17(26)22-6-8-23(9-7-22)19(16(24)25)5-4-12-10-14(20)15(21)11-13(12)19/h10-11H,4-9H2,1-3H3,(H,24,25)/p-1. The lowest BCUT2D eigenvalue weighted by atomic mass is 9.89. The quantitative estimate of drug-likeness (QED) is 0.744. The third-order valence-electron chi connectivity index (χ3n) is 5.16. The Balaban J connectivity index is 1.81. The first-order valence-corrected chi connectivity index (χ1v) is 9.73. The number of aliphatic carboxylic acids is 1. The van der Waals surface area contributed by atoms with Gasteiger partial charge in [-0.2, -0.15) is 0 Å². The van der Waals surface area contributed by atoms with Crippen LogP contribution >= 0.6 is 23.2 Å². The number of fused-ring (bicyclic) bond motifs is 1. The molecule has 1 atom stereocenters. The van der Waals surface area contributed by atoms with E-state index < -0.39 is 17.1 Å². The molecule has 1 unspecified atom stereocenters. The van der Waals surface area contributed by atoms with E-state index >= 15 is 0 Å². The number of hydrogen-bond acceptors (Lipinski definition) is 5. The zero-order valence-electron chi connectivity index (χ0n) is 15.7. The first-order valence-electron chi connectivity index (χ1n) is 8.97. The van der Waals surface area contributed by atoms with Gasteiger partial charge in [0.25, 0.3) is 0 Å². The molecule has 1 aromatic rings. The molecule has 1 aliphatic carbocycles. The zero-order valence-corrected chi connectivity index (χ0v) is 17.2. The molecule has 0 bridgehead atoms. The van der Waals surface area contributed by atoms with Gasteiger partial charge in [0.05, 0.1) is 21.6 Å². The van der Waals surface area contributed by atoms with Crippen LogP contribution in [-0.4, -0.2) is 53.6 Å². The highest BCUT2D eigenvalue weighted by molar-refractivity contribution is 6.42. The molecule has 0 N–H and O–H groups in total. The summed E-state index contributed by atoms with van der Waals surface area (Å²) in [5.74, 6) is -1.15. The molecular weight excluding hydrogens is 391 g/mol. The van der Waals surface area contributed by atoms with Gasteiger partial charge in [-0.05, 0) is 56.9 Å². The molecule has 1 fully saturated rings. The highest BCUT2D eigenvalue weighted by Crippen LogP contribution is 2.44. The van der Waals surface area contributed by atoms with Crippen LogP contribution in [0.5, 0.6) is 0 Å². The van der Waals surface area contributed by atoms with Crippen LogP contribution in [0.2, 0.25) is 10.0 Å². The second kappa shape index (κ2) is 7.15. The van der Waals surface area contributed by atoms with Gasteiger partial charge in [-0.25, -0.2) is 4.79 Å². The molecule has 1 amide bonds. The average molecular weight is 414 g/mol. The van der Waals surface area contributed by atoms with Crippen molar-refractivity contribution in [2.45, 2.75) is 44.8 Å². The fourth-order valence-electron chi connectivity index (χ4n) is 3.90. The Morgan fingerprint density at radius 1 is 1.11 bits per heavy atom. The summed E-state index contributed by atoms with van der Waals surface area (Å²) >= 11 is 12.2. The second-order valence-corrected chi connectivity index (χ2v) is 8.84. The van der Waals surface area contributed by atoms with Gasteiger partial charge in [0.2, 0.25) is 0 Å². The minimum atomic E-state index is -1.25. The van der Waals surface area contributed by atoms with E-state index in [4.69, 9.17) is 27.9 Å². The normalized spacial score (nSPS) is 23.2. The van der Waals surface area contributed by atoms with Crippen LogP contribution in [0.3, 0.4) is 0 Å². The fourth-order valence-corrected chi connectivity index (χ4v) is 4.25. The summed E-state index contributed by atoms with van der Waals surface area (Å²) in [5.41, 5.74) is -0.296. The molecule has 0 radical (unpaired) electrons. The van der Waals surface area contributed by atoms with E-state index in [0.717, 1.165) is 5.56 Å². The van der Waals surface area contributed by atoms with Gasteiger partial charge in [-0.15, -0.1) is 0 Å². The van der Waals surface area contributed by atoms with Crippen LogP contribution in [-0.2, 0) is 21.5 Å². The summed E-state index contributed by atoms with van der Waals surface area (Å²) in [6.45, 7) is 7.05. The maximum atomic E-state index is 12.3. The van der Waals surface area contributed by atoms with E-state index in [1.807, 2.05) is 25.7 Å². The van der Waals surface area contributed by atoms with Gasteiger partial charge in [-0.3, -0.25) is 4.90 Å². The van der Waals surface area contributed by atoms with Crippen molar-refractivity contribution in [3.05, 3.63) is 33.3 Å². The molecule has 148 valence electrons. The maximum Gasteiger partial charge on any atom is 0.410 e. The largest absolute Gasteiger partial charge is 0.548 e. The Kier molecular flexibility index (Phi) is 5.36. The predicted octanol–water partition coefficient (Wildman–Crippen LogP) is 2.44. The Morgan fingerprint density at radius 2 is 1.70 bits per heavy atom. The van der Waals surface area contributed by atoms with Crippen molar-refractivity contribution in [1.82, 2.24) is 9.80 Å². The third kappa shape index (κ3) is 3.75. The molecule has 0 saturated carbocycles. The number of rotatable bonds is 2. The summed E-state index contributed by atoms with van der Waals surface area (Å²) in [6, 6.07) is 3.38. The molecule has 1 aliphatic heterocycles. The lowest BCUT2D eigenvalue weighted by molar-refractivity contribution is -0.321. The number of halogens is 2. The lowest BCUT2D eigenvalue weighted by Gasteiger charge is -2.47. The number of carboxylic acid groups (broad SMARTS) is 1. The second-order valence-electron chi connectivity index (χ2n) is 8.03. The number of carbonyl (C=O) groups is 2. The summed E-state index contributed by atoms with van der Waals surface area (Å²) in [7, 11) is 0. The Hall–Kier alpha value is -1.50. The average Bonchev–Trinajstić information content (AvgIpc) is 2.93. The number of piperazine rings is 1. The van der Waals surface area contributed by atoms with Crippen LogP contribution in [0.1, 0.15) is 38.3 Å². The molecule has 0 spiro atoms. The third-order valence-corrected chi connectivity index (χ3v) is 5.88. The molecule has 27 heavy (non-hydrogen) atoms. The number of ether oxygens (including phenoxy) is 1. The van der Waals surface area contributed by atoms with Crippen LogP contribution < -0.4 is 5.11 Å². The van der Waals surface area contributed by atoms with E-state index in [9.17, 15) is 14.7 Å². The van der Waals surface area contributed by atoms with Gasteiger partial charge in [0, 0.05) is 26.2 Å². The van der Waals surface area contributed by atoms with Crippen molar-refractivity contribution in [2.24, 2.45) is 0 Å². The lowest BCUT2D eigenvalue weighted by Crippen LogP contribution is -2.62. The van der Waals surface area contributed by atoms with Gasteiger partial charge in [0.15, 0.2) is 0 Å². The van der Waals surface area contributed by atoms with E-state index in [-0.39, 0.29) is 6.09 Å². The maximum absolute atomic E-state index is 12.3. The molecule has 8 heteroatoms. The SMILES string of the molecule is CC(C)(C)OC(=O)N1CCN(C2(C(=O)[O-])CCc3cc(Cl)c(Cl)cc32)CC1. The number of nitrogens with zero attached hydrogens (tertiary/aromatic N) is 2. The Labute approximate surface area is 169 Å². The van der Waals surface area contributed by atoms with E-state index in [2.05, 4.69) is 0 Å². The van der Waals surface area contributed by atoms with Crippen molar-refractivity contribution in [1.29, 1.82) is 0 Å². The zero-order chi connectivity index (χ0) is 20.0. The number of carbonyl (C=O) groups excluding carboxylic acids is 2. The number of aryl methyl sites for hydroxylation is 1. The molecule has 1 aromatic carbocycles. The van der Waals surface area contributed by atoms with E-state index in [1.54, 1.807) is 17.0 Å². The highest BCUT2D eigenvalue weighted by Gasteiger charge is 2.46. The highest BCUT2D eigenvalue weighted by atomic mass is 35.5. The smallest absolute Gasteiger partial charge is 0.410 e. The number of amides is 1. The van der Waals surface area contributed by atoms with Gasteiger partial charge < -0.3 is 19.5 Å². The molecule has 1 saturated heterocycles. The molecule has 0 aromatic heterocycles. The molecule has 1 heterocycles. The number of carboxylic acids is 1. The molecule has 6 nitrogen and oxygen atoms in total. The topological polar surface area (TPSA) is 72.9 Å². The summed E-state index contributed by atoms with van der Waals surface area (Å²) in [5, 5.41) is 13.0. The van der Waals surface area contributed by atoms with Crippen LogP contribution in [0.25, 0.3) is 0 Å². The van der Waals surface area contributed by atoms with Gasteiger partial charge in [0.1, 0.15) is 5.60 Å². The predicted molar refractivity (Wildman–Crippen MR) is 101 cm³/mol.